The van der Waals surface area contributed by atoms with Gasteiger partial charge in [-0.25, -0.2) is 23.5 Å². The minimum Gasteiger partial charge on any atom is -0.507 e. The first-order valence-electron chi connectivity index (χ1n) is 9.58. The Morgan fingerprint density at radius 3 is 2.55 bits per heavy atom. The van der Waals surface area contributed by atoms with Crippen LogP contribution < -0.4 is 4.90 Å². The summed E-state index contributed by atoms with van der Waals surface area (Å²) < 4.78 is 33.0. The fourth-order valence-electron chi connectivity index (χ4n) is 3.86. The van der Waals surface area contributed by atoms with Crippen LogP contribution in [0.4, 0.5) is 14.7 Å². The summed E-state index contributed by atoms with van der Waals surface area (Å²) in [7, 11) is 2.94. The molecular weight excluding hydrogens is 406 g/mol. The van der Waals surface area contributed by atoms with Crippen molar-refractivity contribution >= 4 is 11.9 Å². The Labute approximate surface area is 177 Å². The van der Waals surface area contributed by atoms with Gasteiger partial charge < -0.3 is 14.7 Å². The van der Waals surface area contributed by atoms with Crippen molar-refractivity contribution in [2.45, 2.75) is 24.6 Å². The molecule has 7 nitrogen and oxygen atoms in total. The molecule has 0 spiro atoms. The molecule has 0 amide bonds. The number of rotatable bonds is 5. The SMILES string of the molecule is COC(=O)c1ccc(O)c(-c2cnc(N(C)[C@]3(c4ncccc4F)C[C@@H](F)C3)nc2)c1. The zero-order valence-electron chi connectivity index (χ0n) is 16.9. The number of aromatic hydroxyl groups is 1. The van der Waals surface area contributed by atoms with E-state index in [2.05, 4.69) is 15.0 Å². The van der Waals surface area contributed by atoms with Gasteiger partial charge >= 0.3 is 5.97 Å². The molecule has 4 rings (SSSR count). The molecule has 31 heavy (non-hydrogen) atoms. The lowest BCUT2D eigenvalue weighted by molar-refractivity contribution is 0.0600. The molecule has 2 aromatic heterocycles. The number of hydrogen-bond donors (Lipinski definition) is 1. The van der Waals surface area contributed by atoms with Gasteiger partial charge in [0.05, 0.1) is 18.2 Å². The van der Waals surface area contributed by atoms with Gasteiger partial charge in [-0.2, -0.15) is 0 Å². The number of hydrogen-bond acceptors (Lipinski definition) is 7. The zero-order chi connectivity index (χ0) is 22.2. The smallest absolute Gasteiger partial charge is 0.337 e. The van der Waals surface area contributed by atoms with Gasteiger partial charge in [-0.15, -0.1) is 0 Å². The number of nitrogens with zero attached hydrogens (tertiary/aromatic N) is 4. The number of methoxy groups -OCH3 is 1. The van der Waals surface area contributed by atoms with E-state index in [1.165, 1.54) is 56.0 Å². The number of phenols is 1. The van der Waals surface area contributed by atoms with E-state index in [4.69, 9.17) is 4.74 Å². The molecule has 0 saturated heterocycles. The Morgan fingerprint density at radius 2 is 1.94 bits per heavy atom. The number of carbonyl (C=O) groups is 1. The third kappa shape index (κ3) is 3.56. The van der Waals surface area contributed by atoms with Crippen molar-refractivity contribution in [1.29, 1.82) is 0 Å². The molecule has 0 atom stereocenters. The van der Waals surface area contributed by atoms with E-state index in [1.54, 1.807) is 11.9 Å². The highest BCUT2D eigenvalue weighted by Crippen LogP contribution is 2.48. The highest BCUT2D eigenvalue weighted by Gasteiger charge is 2.52. The van der Waals surface area contributed by atoms with Gasteiger partial charge in [0.1, 0.15) is 23.4 Å². The second-order valence-corrected chi connectivity index (χ2v) is 7.43. The Bertz CT molecular complexity index is 1120. The Kier molecular flexibility index (Phi) is 5.26. The first kappa shape index (κ1) is 20.6. The van der Waals surface area contributed by atoms with Gasteiger partial charge in [0.2, 0.25) is 5.95 Å². The largest absolute Gasteiger partial charge is 0.507 e. The molecule has 0 radical (unpaired) electrons. The molecule has 160 valence electrons. The highest BCUT2D eigenvalue weighted by molar-refractivity contribution is 5.91. The van der Waals surface area contributed by atoms with Gasteiger partial charge in [0, 0.05) is 49.6 Å². The maximum atomic E-state index is 14.5. The van der Waals surface area contributed by atoms with E-state index in [9.17, 15) is 18.7 Å². The first-order valence-corrected chi connectivity index (χ1v) is 9.58. The maximum Gasteiger partial charge on any atom is 0.337 e. The standard InChI is InChI=1S/C22H20F2N4O3/c1-28(22(9-15(23)10-22)19-17(24)4-3-7-25-19)21-26-11-14(12-27-21)16-8-13(20(30)31-2)5-6-18(16)29/h3-8,11-12,15,29H,9-10H2,1-2H3/t15-,22-. The topological polar surface area (TPSA) is 88.4 Å². The molecule has 2 heterocycles. The minimum absolute atomic E-state index is 0.0522. The summed E-state index contributed by atoms with van der Waals surface area (Å²) in [4.78, 5) is 26.2. The molecule has 0 unspecified atom stereocenters. The summed E-state index contributed by atoms with van der Waals surface area (Å²) in [5, 5.41) is 10.2. The van der Waals surface area contributed by atoms with Crippen LogP contribution in [0.5, 0.6) is 5.75 Å². The molecule has 1 aliphatic carbocycles. The number of esters is 1. The number of halogens is 2. The second-order valence-electron chi connectivity index (χ2n) is 7.43. The molecule has 3 aromatic rings. The van der Waals surface area contributed by atoms with Crippen LogP contribution >= 0.6 is 0 Å². The molecule has 1 fully saturated rings. The van der Waals surface area contributed by atoms with Crippen LogP contribution in [-0.2, 0) is 10.3 Å². The van der Waals surface area contributed by atoms with Crippen LogP contribution in [0, 0.1) is 5.82 Å². The highest BCUT2D eigenvalue weighted by atomic mass is 19.1. The van der Waals surface area contributed by atoms with Crippen LogP contribution in [0.3, 0.4) is 0 Å². The van der Waals surface area contributed by atoms with E-state index >= 15 is 0 Å². The van der Waals surface area contributed by atoms with Crippen LogP contribution in [0.1, 0.15) is 28.9 Å². The molecule has 0 bridgehead atoms. The summed E-state index contributed by atoms with van der Waals surface area (Å²) in [5.41, 5.74) is 0.261. The minimum atomic E-state index is -1.07. The number of anilines is 1. The van der Waals surface area contributed by atoms with E-state index in [1.807, 2.05) is 0 Å². The zero-order valence-corrected chi connectivity index (χ0v) is 16.9. The van der Waals surface area contributed by atoms with Gasteiger partial charge in [-0.05, 0) is 30.3 Å². The number of ether oxygens (including phenoxy) is 1. The molecule has 1 N–H and O–H groups in total. The van der Waals surface area contributed by atoms with Gasteiger partial charge in [0.25, 0.3) is 0 Å². The van der Waals surface area contributed by atoms with Crippen molar-refractivity contribution in [2.24, 2.45) is 0 Å². The second kappa shape index (κ2) is 7.90. The third-order valence-electron chi connectivity index (χ3n) is 5.63. The van der Waals surface area contributed by atoms with E-state index in [0.29, 0.717) is 11.1 Å². The van der Waals surface area contributed by atoms with E-state index in [0.717, 1.165) is 0 Å². The Morgan fingerprint density at radius 1 is 1.23 bits per heavy atom. The predicted molar refractivity (Wildman–Crippen MR) is 109 cm³/mol. The summed E-state index contributed by atoms with van der Waals surface area (Å²) in [6, 6.07) is 7.09. The van der Waals surface area contributed by atoms with Crippen LogP contribution in [-0.4, -0.2) is 46.4 Å². The third-order valence-corrected chi connectivity index (χ3v) is 5.63. The van der Waals surface area contributed by atoms with E-state index < -0.39 is 23.5 Å². The number of pyridine rings is 1. The molecular formula is C22H20F2N4O3. The molecule has 0 aliphatic heterocycles. The quantitative estimate of drug-likeness (QED) is 0.623. The van der Waals surface area contributed by atoms with Crippen LogP contribution in [0.2, 0.25) is 0 Å². The lowest BCUT2D eigenvalue weighted by Crippen LogP contribution is -2.56. The lowest BCUT2D eigenvalue weighted by atomic mass is 9.71. The number of aromatic nitrogens is 3. The molecule has 1 aromatic carbocycles. The van der Waals surface area contributed by atoms with Crippen LogP contribution in [0.15, 0.2) is 48.9 Å². The van der Waals surface area contributed by atoms with Crippen molar-refractivity contribution in [3.8, 4) is 16.9 Å². The fraction of sp³-hybridized carbons (Fsp3) is 0.273. The number of carbonyl (C=O) groups excluding carboxylic acids is 1. The monoisotopic (exact) mass is 426 g/mol. The van der Waals surface area contributed by atoms with E-state index in [-0.39, 0.29) is 35.8 Å². The van der Waals surface area contributed by atoms with Crippen molar-refractivity contribution in [1.82, 2.24) is 15.0 Å². The predicted octanol–water partition coefficient (Wildman–Crippen LogP) is 3.63. The first-order chi connectivity index (χ1) is 14.9. The van der Waals surface area contributed by atoms with Crippen molar-refractivity contribution in [3.05, 3.63) is 66.0 Å². The normalized spacial score (nSPS) is 20.1. The summed E-state index contributed by atoms with van der Waals surface area (Å²) in [6.45, 7) is 0. The molecule has 1 aliphatic rings. The van der Waals surface area contributed by atoms with Gasteiger partial charge in [-0.1, -0.05) is 0 Å². The maximum absolute atomic E-state index is 14.5. The fourth-order valence-corrected chi connectivity index (χ4v) is 3.86. The summed E-state index contributed by atoms with van der Waals surface area (Å²) >= 11 is 0. The lowest BCUT2D eigenvalue weighted by Gasteiger charge is -2.49. The van der Waals surface area contributed by atoms with Crippen molar-refractivity contribution in [2.75, 3.05) is 19.1 Å². The Hall–Kier alpha value is -3.62. The van der Waals surface area contributed by atoms with Crippen molar-refractivity contribution in [3.63, 3.8) is 0 Å². The van der Waals surface area contributed by atoms with Crippen LogP contribution in [0.25, 0.3) is 11.1 Å². The number of alkyl halides is 1. The summed E-state index contributed by atoms with van der Waals surface area (Å²) in [6.07, 6.45) is 3.50. The molecule has 1 saturated carbocycles. The molecule has 9 heteroatoms. The Balaban J connectivity index is 1.67. The van der Waals surface area contributed by atoms with Crippen molar-refractivity contribution < 1.29 is 23.4 Å². The number of benzene rings is 1. The van der Waals surface area contributed by atoms with Gasteiger partial charge in [0.15, 0.2) is 0 Å². The average molecular weight is 426 g/mol. The average Bonchev–Trinajstić information content (AvgIpc) is 2.77. The number of phenolic OH excluding ortho intramolecular Hbond substituents is 1. The van der Waals surface area contributed by atoms with Gasteiger partial charge in [-0.3, -0.25) is 4.98 Å². The summed E-state index contributed by atoms with van der Waals surface area (Å²) in [5.74, 6) is -0.848.